The maximum atomic E-state index is 14.1. The number of aliphatic carboxylic acids is 1. The predicted octanol–water partition coefficient (Wildman–Crippen LogP) is 3.52. The third-order valence-electron chi connectivity index (χ3n) is 10.8. The molecule has 0 aromatic heterocycles. The highest BCUT2D eigenvalue weighted by atomic mass is 16.8. The van der Waals surface area contributed by atoms with Crippen molar-refractivity contribution in [1.29, 1.82) is 0 Å². The topological polar surface area (TPSA) is 254 Å². The monoisotopic (exact) mass is 876 g/mol. The van der Waals surface area contributed by atoms with Crippen LogP contribution in [0.25, 0.3) is 0 Å². The van der Waals surface area contributed by atoms with E-state index in [2.05, 4.69) is 11.3 Å². The molecule has 10 atom stereocenters. The Bertz CT molecular complexity index is 1840. The van der Waals surface area contributed by atoms with Crippen LogP contribution in [0, 0.1) is 23.2 Å². The molecule has 1 aromatic rings. The zero-order chi connectivity index (χ0) is 46.8. The molecule has 3 N–H and O–H groups in total. The number of carboxylic acid groups (broad SMARTS) is 1. The molecule has 0 spiro atoms. The van der Waals surface area contributed by atoms with E-state index in [1.807, 2.05) is 51.1 Å². The van der Waals surface area contributed by atoms with Crippen molar-refractivity contribution in [2.75, 3.05) is 20.5 Å². The molecule has 2 aliphatic heterocycles. The number of fused-ring (bicyclic) bond motifs is 2. The maximum absolute atomic E-state index is 14.1. The summed E-state index contributed by atoms with van der Waals surface area (Å²) in [7, 11) is 0.966. The van der Waals surface area contributed by atoms with Crippen molar-refractivity contribution in [3.63, 3.8) is 0 Å². The number of ether oxygens (including phenoxy) is 8. The van der Waals surface area contributed by atoms with Crippen LogP contribution in [0.2, 0.25) is 0 Å². The van der Waals surface area contributed by atoms with Crippen molar-refractivity contribution in [2.24, 2.45) is 23.2 Å². The van der Waals surface area contributed by atoms with E-state index in [9.17, 15) is 48.9 Å². The Labute approximate surface area is 360 Å². The van der Waals surface area contributed by atoms with Crippen LogP contribution in [0.3, 0.4) is 0 Å². The largest absolute Gasteiger partial charge is 0.479 e. The lowest BCUT2D eigenvalue weighted by atomic mass is 9.74. The first kappa shape index (κ1) is 51.2. The first-order chi connectivity index (χ1) is 28.9. The fourth-order valence-corrected chi connectivity index (χ4v) is 7.29. The lowest BCUT2D eigenvalue weighted by molar-refractivity contribution is -0.375. The molecule has 2 saturated heterocycles. The summed E-state index contributed by atoms with van der Waals surface area (Å²) in [6.07, 6.45) is -5.31. The second-order valence-electron chi connectivity index (χ2n) is 16.9. The van der Waals surface area contributed by atoms with Gasteiger partial charge in [-0.1, -0.05) is 77.1 Å². The molecule has 0 aliphatic carbocycles. The quantitative estimate of drug-likeness (QED) is 0.0525. The number of hydrogen-bond acceptors (Lipinski definition) is 17. The van der Waals surface area contributed by atoms with E-state index in [0.717, 1.165) is 25.2 Å². The third kappa shape index (κ3) is 11.6. The second kappa shape index (κ2) is 21.3. The Hall–Kier alpha value is -5.17. The van der Waals surface area contributed by atoms with Gasteiger partial charge in [0, 0.05) is 25.3 Å². The zero-order valence-electron chi connectivity index (χ0n) is 36.7. The molecule has 2 fully saturated rings. The molecule has 344 valence electrons. The SMILES string of the molecule is C=C(CCC12OC(C(=O)OCC(=O)OC)C(O)(C(=O)OCOC(=O)C(C)(C)C)C(C(=O)O)(O1)[C@H](OC(=O)/C=C/[C@@H](C)C[C@@H](C)CC)[C@H]2O)[C@@H](OC(C)=O)[C@H](C)Cc1ccccc1. The number of esters is 6. The minimum Gasteiger partial charge on any atom is -0.479 e. The van der Waals surface area contributed by atoms with Crippen LogP contribution in [0.1, 0.15) is 86.6 Å². The number of carbonyl (C=O) groups is 7. The van der Waals surface area contributed by atoms with Crippen molar-refractivity contribution in [3.8, 4) is 0 Å². The summed E-state index contributed by atoms with van der Waals surface area (Å²) in [6.45, 7) is 15.0. The summed E-state index contributed by atoms with van der Waals surface area (Å²) < 4.78 is 42.7. The van der Waals surface area contributed by atoms with Crippen LogP contribution in [-0.2, 0) is 77.9 Å². The van der Waals surface area contributed by atoms with E-state index >= 15 is 0 Å². The average molecular weight is 877 g/mol. The summed E-state index contributed by atoms with van der Waals surface area (Å²) in [5.74, 6) is -13.0. The van der Waals surface area contributed by atoms with Crippen molar-refractivity contribution >= 4 is 41.8 Å². The Balaban J connectivity index is 2.19. The Morgan fingerprint density at radius 3 is 2.21 bits per heavy atom. The van der Waals surface area contributed by atoms with E-state index in [-0.39, 0.29) is 23.8 Å². The number of aliphatic hydroxyl groups excluding tert-OH is 1. The van der Waals surface area contributed by atoms with Gasteiger partial charge in [0.05, 0.1) is 12.5 Å². The molecule has 2 heterocycles. The summed E-state index contributed by atoms with van der Waals surface area (Å²) >= 11 is 0. The fourth-order valence-electron chi connectivity index (χ4n) is 7.29. The normalized spacial score (nSPS) is 26.3. The van der Waals surface area contributed by atoms with Gasteiger partial charge in [-0.15, -0.1) is 0 Å². The lowest BCUT2D eigenvalue weighted by Gasteiger charge is -2.49. The number of hydrogen-bond donors (Lipinski definition) is 3. The third-order valence-corrected chi connectivity index (χ3v) is 10.8. The molecule has 2 bridgehead atoms. The molecule has 18 heteroatoms. The Morgan fingerprint density at radius 2 is 1.65 bits per heavy atom. The molecule has 1 aromatic carbocycles. The first-order valence-electron chi connectivity index (χ1n) is 20.3. The highest BCUT2D eigenvalue weighted by Crippen LogP contribution is 2.56. The molecule has 2 aliphatic rings. The predicted molar refractivity (Wildman–Crippen MR) is 215 cm³/mol. The lowest BCUT2D eigenvalue weighted by Crippen LogP contribution is -2.78. The van der Waals surface area contributed by atoms with Gasteiger partial charge < -0.3 is 53.2 Å². The van der Waals surface area contributed by atoms with E-state index in [4.69, 9.17) is 33.2 Å². The number of benzene rings is 1. The van der Waals surface area contributed by atoms with Gasteiger partial charge in [-0.25, -0.2) is 24.0 Å². The van der Waals surface area contributed by atoms with Gasteiger partial charge in [0.15, 0.2) is 12.7 Å². The minimum atomic E-state index is -3.93. The van der Waals surface area contributed by atoms with Gasteiger partial charge in [-0.05, 0) is 63.0 Å². The number of methoxy groups -OCH3 is 1. The standard InChI is InChI=1S/C44H60O18/c1-11-25(2)21-26(3)17-18-31(46)60-35-34(48)42(20-19-27(4)33(59-29(6)45)28(5)22-30-15-13-12-14-16-30)61-36(37(49)56-23-32(47)55-10)43(54,44(35,62-42)38(50)51)40(53)58-24-57-39(52)41(7,8)9/h12-18,25-26,28,33-36,48,54H,4,11,19-24H2,1-3,5-10H3,(H,50,51)/b18-17+/t25-,26+,28+,33+,34+,35+,36?,42?,43?,44?/m0/s1. The molecule has 4 unspecified atom stereocenters. The van der Waals surface area contributed by atoms with Crippen LogP contribution in [0.5, 0.6) is 0 Å². The number of aliphatic hydroxyl groups is 2. The van der Waals surface area contributed by atoms with Crippen molar-refractivity contribution in [2.45, 2.75) is 129 Å². The fraction of sp³-hybridized carbons (Fsp3) is 0.614. The first-order valence-corrected chi connectivity index (χ1v) is 20.3. The maximum Gasteiger partial charge on any atom is 0.348 e. The highest BCUT2D eigenvalue weighted by molar-refractivity contribution is 5.99. The van der Waals surface area contributed by atoms with Gasteiger partial charge in [-0.3, -0.25) is 9.59 Å². The van der Waals surface area contributed by atoms with Gasteiger partial charge in [0.2, 0.25) is 29.9 Å². The van der Waals surface area contributed by atoms with Crippen LogP contribution in [0.15, 0.2) is 54.6 Å². The Kier molecular flexibility index (Phi) is 17.6. The molecule has 0 radical (unpaired) electrons. The molecule has 0 saturated carbocycles. The van der Waals surface area contributed by atoms with E-state index in [1.54, 1.807) is 6.92 Å². The summed E-state index contributed by atoms with van der Waals surface area (Å²) in [5, 5.41) is 35.7. The second-order valence-corrected chi connectivity index (χ2v) is 16.9. The number of allylic oxidation sites excluding steroid dienone is 1. The van der Waals surface area contributed by atoms with Gasteiger partial charge >= 0.3 is 41.8 Å². The number of carboxylic acids is 1. The zero-order valence-corrected chi connectivity index (χ0v) is 36.7. The van der Waals surface area contributed by atoms with Crippen molar-refractivity contribution < 1.29 is 86.8 Å². The number of carbonyl (C=O) groups excluding carboxylic acids is 6. The van der Waals surface area contributed by atoms with Crippen LogP contribution in [0.4, 0.5) is 0 Å². The smallest absolute Gasteiger partial charge is 0.348 e. The molecular formula is C44H60O18. The molecule has 3 rings (SSSR count). The summed E-state index contributed by atoms with van der Waals surface area (Å²) in [5.41, 5.74) is -7.58. The van der Waals surface area contributed by atoms with Crippen LogP contribution < -0.4 is 0 Å². The van der Waals surface area contributed by atoms with Crippen LogP contribution >= 0.6 is 0 Å². The van der Waals surface area contributed by atoms with E-state index in [0.29, 0.717) is 12.8 Å². The molecular weight excluding hydrogens is 816 g/mol. The van der Waals surface area contributed by atoms with E-state index in [1.165, 1.54) is 33.8 Å². The minimum absolute atomic E-state index is 0.179. The van der Waals surface area contributed by atoms with Gasteiger partial charge in [0.1, 0.15) is 12.2 Å². The molecule has 62 heavy (non-hydrogen) atoms. The Morgan fingerprint density at radius 1 is 1.00 bits per heavy atom. The highest BCUT2D eigenvalue weighted by Gasteiger charge is 2.86. The van der Waals surface area contributed by atoms with Crippen LogP contribution in [-0.4, -0.2) is 119 Å². The average Bonchev–Trinajstić information content (AvgIpc) is 3.43. The summed E-state index contributed by atoms with van der Waals surface area (Å²) in [4.78, 5) is 92.1. The van der Waals surface area contributed by atoms with Crippen molar-refractivity contribution in [1.82, 2.24) is 0 Å². The van der Waals surface area contributed by atoms with Gasteiger partial charge in [-0.2, -0.15) is 0 Å². The summed E-state index contributed by atoms with van der Waals surface area (Å²) in [6, 6.07) is 9.24. The van der Waals surface area contributed by atoms with Gasteiger partial charge in [0.25, 0.3) is 0 Å². The molecule has 0 amide bonds. The van der Waals surface area contributed by atoms with E-state index < -0.39 is 114 Å². The van der Waals surface area contributed by atoms with Crippen molar-refractivity contribution in [3.05, 3.63) is 60.2 Å². The molecule has 18 nitrogen and oxygen atoms in total. The number of rotatable bonds is 21.